The molecule has 1 heterocycles. The number of thiazole rings is 1. The van der Waals surface area contributed by atoms with Crippen molar-refractivity contribution in [2.24, 2.45) is 4.99 Å². The molecule has 0 aliphatic carbocycles. The van der Waals surface area contributed by atoms with Crippen LogP contribution >= 0.6 is 35.3 Å². The number of benzene rings is 1. The Kier molecular flexibility index (Phi) is 9.93. The SMILES string of the molecule is CCNC(=NCc1nc(C)c(C)s1)NCC(C)Oc1cccc(C)c1.I. The van der Waals surface area contributed by atoms with Gasteiger partial charge in [-0.3, -0.25) is 0 Å². The number of nitrogens with one attached hydrogen (secondary N) is 2. The summed E-state index contributed by atoms with van der Waals surface area (Å²) >= 11 is 1.70. The number of hydrogen-bond acceptors (Lipinski definition) is 4. The van der Waals surface area contributed by atoms with Gasteiger partial charge in [0, 0.05) is 11.4 Å². The maximum atomic E-state index is 5.95. The van der Waals surface area contributed by atoms with Crippen LogP contribution < -0.4 is 15.4 Å². The summed E-state index contributed by atoms with van der Waals surface area (Å²) in [6, 6.07) is 8.10. The summed E-state index contributed by atoms with van der Waals surface area (Å²) in [5.41, 5.74) is 2.29. The zero-order chi connectivity index (χ0) is 18.2. The normalized spacial score (nSPS) is 12.3. The minimum Gasteiger partial charge on any atom is -0.489 e. The summed E-state index contributed by atoms with van der Waals surface area (Å²) in [5, 5.41) is 7.64. The monoisotopic (exact) mass is 488 g/mol. The smallest absolute Gasteiger partial charge is 0.191 e. The highest BCUT2D eigenvalue weighted by molar-refractivity contribution is 14.0. The Hall–Kier alpha value is -1.35. The molecular formula is C19H29IN4OS. The fourth-order valence-electron chi connectivity index (χ4n) is 2.30. The van der Waals surface area contributed by atoms with E-state index in [0.717, 1.165) is 29.0 Å². The average Bonchev–Trinajstić information content (AvgIpc) is 2.88. The van der Waals surface area contributed by atoms with E-state index in [4.69, 9.17) is 4.74 Å². The quantitative estimate of drug-likeness (QED) is 0.348. The van der Waals surface area contributed by atoms with E-state index in [-0.39, 0.29) is 30.1 Å². The van der Waals surface area contributed by atoms with Crippen molar-refractivity contribution in [3.63, 3.8) is 0 Å². The number of aliphatic imine (C=N–C) groups is 1. The van der Waals surface area contributed by atoms with Crippen LogP contribution in [-0.4, -0.2) is 30.1 Å². The molecule has 0 radical (unpaired) electrons. The van der Waals surface area contributed by atoms with Crippen molar-refractivity contribution in [3.8, 4) is 5.75 Å². The van der Waals surface area contributed by atoms with Crippen LogP contribution in [0.5, 0.6) is 5.75 Å². The van der Waals surface area contributed by atoms with Crippen LogP contribution in [0.1, 0.15) is 35.0 Å². The molecule has 1 aromatic carbocycles. The Bertz CT molecular complexity index is 698. The van der Waals surface area contributed by atoms with Crippen molar-refractivity contribution in [3.05, 3.63) is 45.4 Å². The molecule has 7 heteroatoms. The van der Waals surface area contributed by atoms with E-state index >= 15 is 0 Å². The van der Waals surface area contributed by atoms with Gasteiger partial charge in [0.05, 0.1) is 18.8 Å². The van der Waals surface area contributed by atoms with E-state index in [2.05, 4.69) is 47.4 Å². The molecular weight excluding hydrogens is 459 g/mol. The summed E-state index contributed by atoms with van der Waals surface area (Å²) in [6.45, 7) is 12.4. The molecule has 144 valence electrons. The van der Waals surface area contributed by atoms with Gasteiger partial charge in [0.1, 0.15) is 16.9 Å². The Morgan fingerprint density at radius 2 is 2.04 bits per heavy atom. The first kappa shape index (κ1) is 22.7. The molecule has 0 aliphatic heterocycles. The van der Waals surface area contributed by atoms with Crippen molar-refractivity contribution >= 4 is 41.3 Å². The van der Waals surface area contributed by atoms with E-state index in [0.29, 0.717) is 13.1 Å². The molecule has 1 atom stereocenters. The highest BCUT2D eigenvalue weighted by Gasteiger charge is 2.07. The van der Waals surface area contributed by atoms with E-state index in [1.807, 2.05) is 32.0 Å². The molecule has 0 saturated carbocycles. The third kappa shape index (κ3) is 7.49. The fraction of sp³-hybridized carbons (Fsp3) is 0.474. The Balaban J connectivity index is 0.00000338. The highest BCUT2D eigenvalue weighted by atomic mass is 127. The number of guanidine groups is 1. The summed E-state index contributed by atoms with van der Waals surface area (Å²) < 4.78 is 5.95. The Labute approximate surface area is 177 Å². The predicted octanol–water partition coefficient (Wildman–Crippen LogP) is 4.21. The molecule has 1 unspecified atom stereocenters. The van der Waals surface area contributed by atoms with Gasteiger partial charge in [0.2, 0.25) is 0 Å². The van der Waals surface area contributed by atoms with Gasteiger partial charge in [-0.25, -0.2) is 9.98 Å². The lowest BCUT2D eigenvalue weighted by atomic mass is 10.2. The van der Waals surface area contributed by atoms with Crippen LogP contribution in [0.4, 0.5) is 0 Å². The Morgan fingerprint density at radius 3 is 2.65 bits per heavy atom. The third-order valence-electron chi connectivity index (χ3n) is 3.67. The number of aromatic nitrogens is 1. The number of halogens is 1. The van der Waals surface area contributed by atoms with Crippen molar-refractivity contribution in [1.82, 2.24) is 15.6 Å². The maximum Gasteiger partial charge on any atom is 0.191 e. The standard InChI is InChI=1S/C19H28N4OS.HI/c1-6-20-19(22-12-18-23-15(4)16(5)25-18)21-11-14(3)24-17-9-7-8-13(2)10-17;/h7-10,14H,6,11-12H2,1-5H3,(H2,20,21,22);1H. The van der Waals surface area contributed by atoms with Gasteiger partial charge in [-0.15, -0.1) is 35.3 Å². The van der Waals surface area contributed by atoms with E-state index in [9.17, 15) is 0 Å². The largest absolute Gasteiger partial charge is 0.489 e. The lowest BCUT2D eigenvalue weighted by molar-refractivity contribution is 0.223. The number of rotatable bonds is 7. The molecule has 0 fully saturated rings. The van der Waals surface area contributed by atoms with Crippen LogP contribution in [0.3, 0.4) is 0 Å². The lowest BCUT2D eigenvalue weighted by Crippen LogP contribution is -2.41. The average molecular weight is 488 g/mol. The second kappa shape index (κ2) is 11.4. The topological polar surface area (TPSA) is 58.5 Å². The molecule has 0 amide bonds. The predicted molar refractivity (Wildman–Crippen MR) is 121 cm³/mol. The second-order valence-electron chi connectivity index (χ2n) is 6.07. The minimum absolute atomic E-state index is 0. The number of aryl methyl sites for hydroxylation is 3. The van der Waals surface area contributed by atoms with Crippen LogP contribution in [-0.2, 0) is 6.54 Å². The first-order chi connectivity index (χ1) is 12.0. The highest BCUT2D eigenvalue weighted by Crippen LogP contribution is 2.17. The van der Waals surface area contributed by atoms with Crippen LogP contribution in [0.2, 0.25) is 0 Å². The summed E-state index contributed by atoms with van der Waals surface area (Å²) in [6.07, 6.45) is 0.0370. The van der Waals surface area contributed by atoms with E-state index in [1.54, 1.807) is 11.3 Å². The lowest BCUT2D eigenvalue weighted by Gasteiger charge is -2.17. The van der Waals surface area contributed by atoms with Crippen LogP contribution in [0.15, 0.2) is 29.3 Å². The van der Waals surface area contributed by atoms with Gasteiger partial charge < -0.3 is 15.4 Å². The maximum absolute atomic E-state index is 5.95. The first-order valence-electron chi connectivity index (χ1n) is 8.66. The summed E-state index contributed by atoms with van der Waals surface area (Å²) in [4.78, 5) is 10.4. The number of nitrogens with zero attached hydrogens (tertiary/aromatic N) is 2. The van der Waals surface area contributed by atoms with Crippen molar-refractivity contribution in [1.29, 1.82) is 0 Å². The molecule has 0 aliphatic rings. The molecule has 0 bridgehead atoms. The fourth-order valence-corrected chi connectivity index (χ4v) is 3.16. The van der Waals surface area contributed by atoms with Crippen LogP contribution in [0, 0.1) is 20.8 Å². The Morgan fingerprint density at radius 1 is 1.27 bits per heavy atom. The second-order valence-corrected chi connectivity index (χ2v) is 7.36. The van der Waals surface area contributed by atoms with Crippen molar-refractivity contribution in [2.75, 3.05) is 13.1 Å². The summed E-state index contributed by atoms with van der Waals surface area (Å²) in [5.74, 6) is 1.68. The molecule has 1 aromatic heterocycles. The minimum atomic E-state index is 0. The molecule has 2 rings (SSSR count). The van der Waals surface area contributed by atoms with E-state index in [1.165, 1.54) is 10.4 Å². The molecule has 26 heavy (non-hydrogen) atoms. The van der Waals surface area contributed by atoms with Gasteiger partial charge in [-0.05, 0) is 52.3 Å². The molecule has 5 nitrogen and oxygen atoms in total. The van der Waals surface area contributed by atoms with Crippen LogP contribution in [0.25, 0.3) is 0 Å². The molecule has 2 N–H and O–H groups in total. The molecule has 2 aromatic rings. The number of hydrogen-bond donors (Lipinski definition) is 2. The molecule has 0 saturated heterocycles. The summed E-state index contributed by atoms with van der Waals surface area (Å²) in [7, 11) is 0. The van der Waals surface area contributed by atoms with Gasteiger partial charge >= 0.3 is 0 Å². The number of ether oxygens (including phenoxy) is 1. The van der Waals surface area contributed by atoms with Gasteiger partial charge in [0.15, 0.2) is 5.96 Å². The zero-order valence-corrected chi connectivity index (χ0v) is 19.3. The third-order valence-corrected chi connectivity index (χ3v) is 4.73. The molecule has 0 spiro atoms. The van der Waals surface area contributed by atoms with E-state index < -0.39 is 0 Å². The van der Waals surface area contributed by atoms with Gasteiger partial charge in [-0.1, -0.05) is 12.1 Å². The zero-order valence-electron chi connectivity index (χ0n) is 16.1. The van der Waals surface area contributed by atoms with Crippen molar-refractivity contribution < 1.29 is 4.74 Å². The first-order valence-corrected chi connectivity index (χ1v) is 9.48. The van der Waals surface area contributed by atoms with Gasteiger partial charge in [-0.2, -0.15) is 0 Å². The van der Waals surface area contributed by atoms with Gasteiger partial charge in [0.25, 0.3) is 0 Å². The van der Waals surface area contributed by atoms with Crippen molar-refractivity contribution in [2.45, 2.75) is 47.3 Å².